The van der Waals surface area contributed by atoms with Crippen LogP contribution in [0, 0.1) is 5.41 Å². The largest absolute Gasteiger partial charge is 0.388 e. The van der Waals surface area contributed by atoms with Crippen molar-refractivity contribution in [3.63, 3.8) is 0 Å². The van der Waals surface area contributed by atoms with Crippen LogP contribution in [0.25, 0.3) is 0 Å². The zero-order valence-electron chi connectivity index (χ0n) is 9.94. The predicted molar refractivity (Wildman–Crippen MR) is 66.5 cm³/mol. The van der Waals surface area contributed by atoms with Gasteiger partial charge in [-0.05, 0) is 25.7 Å². The lowest BCUT2D eigenvalue weighted by molar-refractivity contribution is 0.127. The SMILES string of the molecule is N=C(N)CCCCNS(=O)(=O)CC1CCCO1. The number of rotatable bonds is 8. The molecule has 7 heteroatoms. The quantitative estimate of drug-likeness (QED) is 0.330. The van der Waals surface area contributed by atoms with Crippen molar-refractivity contribution in [1.82, 2.24) is 4.72 Å². The fourth-order valence-corrected chi connectivity index (χ4v) is 3.07. The van der Waals surface area contributed by atoms with Crippen LogP contribution in [-0.2, 0) is 14.8 Å². The molecule has 0 bridgehead atoms. The third-order valence-corrected chi connectivity index (χ3v) is 4.08. The molecular weight excluding hydrogens is 242 g/mol. The van der Waals surface area contributed by atoms with Crippen molar-refractivity contribution >= 4 is 15.9 Å². The molecule has 1 saturated heterocycles. The van der Waals surface area contributed by atoms with E-state index in [0.29, 0.717) is 26.0 Å². The van der Waals surface area contributed by atoms with E-state index in [0.717, 1.165) is 19.3 Å². The number of sulfonamides is 1. The second-order valence-electron chi connectivity index (χ2n) is 4.29. The van der Waals surface area contributed by atoms with E-state index >= 15 is 0 Å². The van der Waals surface area contributed by atoms with Crippen molar-refractivity contribution in [3.05, 3.63) is 0 Å². The molecule has 0 amide bonds. The van der Waals surface area contributed by atoms with Gasteiger partial charge in [0, 0.05) is 19.6 Å². The third kappa shape index (κ3) is 6.60. The lowest BCUT2D eigenvalue weighted by Crippen LogP contribution is -2.32. The van der Waals surface area contributed by atoms with Crippen LogP contribution in [0.4, 0.5) is 0 Å². The van der Waals surface area contributed by atoms with Gasteiger partial charge in [-0.2, -0.15) is 0 Å². The van der Waals surface area contributed by atoms with Crippen molar-refractivity contribution in [3.8, 4) is 0 Å². The predicted octanol–water partition coefficient (Wildman–Crippen LogP) is 0.191. The van der Waals surface area contributed by atoms with Crippen LogP contribution in [0.3, 0.4) is 0 Å². The molecule has 1 aliphatic heterocycles. The molecule has 0 aliphatic carbocycles. The van der Waals surface area contributed by atoms with Gasteiger partial charge in [0.1, 0.15) is 0 Å². The first-order chi connectivity index (χ1) is 7.99. The summed E-state index contributed by atoms with van der Waals surface area (Å²) in [6.45, 7) is 1.07. The maximum absolute atomic E-state index is 11.6. The van der Waals surface area contributed by atoms with E-state index in [2.05, 4.69) is 4.72 Å². The van der Waals surface area contributed by atoms with Crippen LogP contribution in [-0.4, -0.2) is 39.3 Å². The monoisotopic (exact) mass is 263 g/mol. The highest BCUT2D eigenvalue weighted by atomic mass is 32.2. The van der Waals surface area contributed by atoms with Gasteiger partial charge >= 0.3 is 0 Å². The minimum Gasteiger partial charge on any atom is -0.388 e. The zero-order valence-corrected chi connectivity index (χ0v) is 10.8. The molecule has 0 saturated carbocycles. The molecule has 4 N–H and O–H groups in total. The summed E-state index contributed by atoms with van der Waals surface area (Å²) < 4.78 is 31.1. The van der Waals surface area contributed by atoms with E-state index in [1.54, 1.807) is 0 Å². The summed E-state index contributed by atoms with van der Waals surface area (Å²) in [6, 6.07) is 0. The molecule has 6 nitrogen and oxygen atoms in total. The Morgan fingerprint density at radius 1 is 1.47 bits per heavy atom. The number of hydrogen-bond acceptors (Lipinski definition) is 4. The molecule has 0 aromatic carbocycles. The van der Waals surface area contributed by atoms with E-state index in [9.17, 15) is 8.42 Å². The minimum atomic E-state index is -3.23. The molecule has 1 atom stereocenters. The fourth-order valence-electron chi connectivity index (χ4n) is 1.75. The van der Waals surface area contributed by atoms with Gasteiger partial charge in [0.05, 0.1) is 17.7 Å². The Morgan fingerprint density at radius 2 is 2.24 bits per heavy atom. The number of nitrogens with one attached hydrogen (secondary N) is 2. The van der Waals surface area contributed by atoms with Crippen LogP contribution in [0.1, 0.15) is 32.1 Å². The molecule has 100 valence electrons. The van der Waals surface area contributed by atoms with E-state index < -0.39 is 10.0 Å². The minimum absolute atomic E-state index is 0.0553. The number of amidine groups is 1. The Hall–Kier alpha value is -0.660. The molecule has 1 rings (SSSR count). The Kier molecular flexibility index (Phi) is 5.87. The van der Waals surface area contributed by atoms with Crippen LogP contribution in [0.2, 0.25) is 0 Å². The molecule has 1 fully saturated rings. The molecule has 0 spiro atoms. The van der Waals surface area contributed by atoms with Crippen molar-refractivity contribution in [2.24, 2.45) is 5.73 Å². The van der Waals surface area contributed by atoms with E-state index in [-0.39, 0.29) is 17.7 Å². The van der Waals surface area contributed by atoms with Gasteiger partial charge in [-0.15, -0.1) is 0 Å². The summed E-state index contributed by atoms with van der Waals surface area (Å²) in [5.41, 5.74) is 5.20. The highest BCUT2D eigenvalue weighted by Gasteiger charge is 2.22. The summed E-state index contributed by atoms with van der Waals surface area (Å²) in [5.74, 6) is 0.201. The third-order valence-electron chi connectivity index (χ3n) is 2.62. The van der Waals surface area contributed by atoms with Gasteiger partial charge < -0.3 is 10.5 Å². The molecule has 0 radical (unpaired) electrons. The molecular formula is C10H21N3O3S. The average Bonchev–Trinajstić information content (AvgIpc) is 2.68. The molecule has 17 heavy (non-hydrogen) atoms. The standard InChI is InChI=1S/C10H21N3O3S/c11-10(12)5-1-2-6-13-17(14,15)8-9-4-3-7-16-9/h9,13H,1-8H2,(H3,11,12). The number of ether oxygens (including phenoxy) is 1. The number of nitrogens with two attached hydrogens (primary N) is 1. The van der Waals surface area contributed by atoms with Crippen LogP contribution in [0.5, 0.6) is 0 Å². The van der Waals surface area contributed by atoms with Crippen LogP contribution < -0.4 is 10.5 Å². The summed E-state index contributed by atoms with van der Waals surface area (Å²) in [7, 11) is -3.23. The Balaban J connectivity index is 2.13. The number of hydrogen-bond donors (Lipinski definition) is 3. The highest BCUT2D eigenvalue weighted by Crippen LogP contribution is 2.13. The average molecular weight is 263 g/mol. The molecule has 1 aliphatic rings. The maximum atomic E-state index is 11.6. The Morgan fingerprint density at radius 3 is 2.82 bits per heavy atom. The van der Waals surface area contributed by atoms with Crippen molar-refractivity contribution < 1.29 is 13.2 Å². The molecule has 1 unspecified atom stereocenters. The second kappa shape index (κ2) is 6.93. The van der Waals surface area contributed by atoms with Crippen molar-refractivity contribution in [2.75, 3.05) is 18.9 Å². The summed E-state index contributed by atoms with van der Waals surface area (Å²) in [6.07, 6.45) is 3.57. The zero-order chi connectivity index (χ0) is 12.7. The first kappa shape index (κ1) is 14.4. The Bertz CT molecular complexity index is 337. The smallest absolute Gasteiger partial charge is 0.214 e. The number of unbranched alkanes of at least 4 members (excludes halogenated alkanes) is 1. The first-order valence-corrected chi connectivity index (χ1v) is 7.57. The van der Waals surface area contributed by atoms with Gasteiger partial charge in [-0.3, -0.25) is 5.41 Å². The van der Waals surface area contributed by atoms with Gasteiger partial charge in [0.15, 0.2) is 0 Å². The molecule has 1 heterocycles. The fraction of sp³-hybridized carbons (Fsp3) is 0.900. The van der Waals surface area contributed by atoms with Gasteiger partial charge in [0.2, 0.25) is 10.0 Å². The van der Waals surface area contributed by atoms with Crippen LogP contribution in [0.15, 0.2) is 0 Å². The lowest BCUT2D eigenvalue weighted by Gasteiger charge is -2.11. The maximum Gasteiger partial charge on any atom is 0.214 e. The van der Waals surface area contributed by atoms with E-state index in [4.69, 9.17) is 15.9 Å². The van der Waals surface area contributed by atoms with Crippen LogP contribution >= 0.6 is 0 Å². The normalized spacial score (nSPS) is 20.6. The van der Waals surface area contributed by atoms with Crippen molar-refractivity contribution in [1.29, 1.82) is 5.41 Å². The highest BCUT2D eigenvalue weighted by molar-refractivity contribution is 7.89. The molecule has 0 aromatic heterocycles. The van der Waals surface area contributed by atoms with E-state index in [1.807, 2.05) is 0 Å². The van der Waals surface area contributed by atoms with Crippen molar-refractivity contribution in [2.45, 2.75) is 38.2 Å². The lowest BCUT2D eigenvalue weighted by atomic mass is 10.2. The topological polar surface area (TPSA) is 105 Å². The van der Waals surface area contributed by atoms with Gasteiger partial charge in [0.25, 0.3) is 0 Å². The Labute approximate surface area is 102 Å². The molecule has 0 aromatic rings. The summed E-state index contributed by atoms with van der Waals surface area (Å²) >= 11 is 0. The summed E-state index contributed by atoms with van der Waals surface area (Å²) in [5, 5.41) is 7.02. The van der Waals surface area contributed by atoms with E-state index in [1.165, 1.54) is 0 Å². The first-order valence-electron chi connectivity index (χ1n) is 5.91. The van der Waals surface area contributed by atoms with Gasteiger partial charge in [-0.25, -0.2) is 13.1 Å². The summed E-state index contributed by atoms with van der Waals surface area (Å²) in [4.78, 5) is 0. The second-order valence-corrected chi connectivity index (χ2v) is 6.14. The van der Waals surface area contributed by atoms with Gasteiger partial charge in [-0.1, -0.05) is 0 Å².